The first kappa shape index (κ1) is 25.3. The number of carbonyl (C=O) groups excluding carboxylic acids is 1. The number of benzene rings is 3. The number of piperidine rings is 1. The molecule has 0 saturated carbocycles. The average molecular weight is 498 g/mol. The zero-order chi connectivity index (χ0) is 25.8. The molecule has 2 aliphatic heterocycles. The van der Waals surface area contributed by atoms with Gasteiger partial charge in [0.2, 0.25) is 5.91 Å². The molecule has 6 heteroatoms. The highest BCUT2D eigenvalue weighted by Crippen LogP contribution is 2.47. The Balaban J connectivity index is 1.52. The third-order valence-electron chi connectivity index (χ3n) is 8.15. The number of rotatable bonds is 6. The maximum absolute atomic E-state index is 14.3. The number of para-hydroxylation sites is 1. The maximum atomic E-state index is 14.3. The maximum Gasteiger partial charge on any atom is 0.243 e. The van der Waals surface area contributed by atoms with Crippen molar-refractivity contribution >= 4 is 16.7 Å². The van der Waals surface area contributed by atoms with E-state index in [2.05, 4.69) is 29.2 Å². The highest BCUT2D eigenvalue weighted by molar-refractivity contribution is 5.91. The van der Waals surface area contributed by atoms with Gasteiger partial charge in [0.1, 0.15) is 11.2 Å². The minimum absolute atomic E-state index is 0.112. The van der Waals surface area contributed by atoms with Gasteiger partial charge in [0.25, 0.3) is 0 Å². The fraction of sp³-hybridized carbons (Fsp3) is 0.419. The van der Waals surface area contributed by atoms with Crippen LogP contribution in [0.15, 0.2) is 66.7 Å². The summed E-state index contributed by atoms with van der Waals surface area (Å²) in [5.74, 6) is 0.0734. The summed E-state index contributed by atoms with van der Waals surface area (Å²) in [4.78, 5) is 18.7. The van der Waals surface area contributed by atoms with Gasteiger partial charge in [0.05, 0.1) is 26.4 Å². The van der Waals surface area contributed by atoms with Crippen molar-refractivity contribution in [1.29, 1.82) is 5.26 Å². The fourth-order valence-corrected chi connectivity index (χ4v) is 6.14. The molecule has 1 amide bonds. The standard InChI is InChI=1S/C31H35N3O3/c1-31(22-32,30(35)34-16-14-24(15-17-34)33-18-20-37-21-19-33)29(27-11-5-6-13-28(27)36-2)26-12-7-9-23-8-3-4-10-25(23)26/h3-13,24,29H,14-21H2,1-2H3/t29-,31+/m0/s1. The molecule has 5 rings (SSSR count). The largest absolute Gasteiger partial charge is 0.496 e. The number of nitriles is 1. The van der Waals surface area contributed by atoms with E-state index < -0.39 is 11.3 Å². The SMILES string of the molecule is COc1ccccc1[C@H](c1cccc2ccccc12)[C@@](C)(C#N)C(=O)N1CCC(N2CCOCC2)CC1. The Morgan fingerprint density at radius 3 is 2.35 bits per heavy atom. The zero-order valence-corrected chi connectivity index (χ0v) is 21.7. The Morgan fingerprint density at radius 1 is 0.973 bits per heavy atom. The van der Waals surface area contributed by atoms with E-state index in [-0.39, 0.29) is 5.91 Å². The van der Waals surface area contributed by atoms with Gasteiger partial charge in [-0.3, -0.25) is 9.69 Å². The summed E-state index contributed by atoms with van der Waals surface area (Å²) in [6, 6.07) is 25.0. The first-order valence-corrected chi connectivity index (χ1v) is 13.2. The van der Waals surface area contributed by atoms with Gasteiger partial charge in [-0.25, -0.2) is 0 Å². The molecule has 0 spiro atoms. The molecular weight excluding hydrogens is 462 g/mol. The Morgan fingerprint density at radius 2 is 1.62 bits per heavy atom. The van der Waals surface area contributed by atoms with Crippen LogP contribution in [0.5, 0.6) is 5.75 Å². The van der Waals surface area contributed by atoms with E-state index in [0.29, 0.717) is 24.9 Å². The van der Waals surface area contributed by atoms with E-state index in [1.165, 1.54) is 0 Å². The van der Waals surface area contributed by atoms with Crippen LogP contribution >= 0.6 is 0 Å². The molecule has 0 unspecified atom stereocenters. The number of fused-ring (bicyclic) bond motifs is 1. The van der Waals surface area contributed by atoms with Gasteiger partial charge < -0.3 is 14.4 Å². The fourth-order valence-electron chi connectivity index (χ4n) is 6.14. The van der Waals surface area contributed by atoms with Crippen LogP contribution in [0.4, 0.5) is 0 Å². The molecule has 2 atom stereocenters. The van der Waals surface area contributed by atoms with E-state index in [1.807, 2.05) is 60.4 Å². The molecular formula is C31H35N3O3. The van der Waals surface area contributed by atoms with Gasteiger partial charge in [-0.1, -0.05) is 60.7 Å². The first-order valence-electron chi connectivity index (χ1n) is 13.2. The molecule has 0 N–H and O–H groups in total. The summed E-state index contributed by atoms with van der Waals surface area (Å²) in [6.45, 7) is 6.58. The predicted octanol–water partition coefficient (Wildman–Crippen LogP) is 4.83. The number of amides is 1. The number of methoxy groups -OCH3 is 1. The molecule has 6 nitrogen and oxygen atoms in total. The van der Waals surface area contributed by atoms with Crippen LogP contribution in [-0.2, 0) is 9.53 Å². The minimum atomic E-state index is -1.31. The van der Waals surface area contributed by atoms with E-state index in [4.69, 9.17) is 9.47 Å². The molecule has 192 valence electrons. The highest BCUT2D eigenvalue weighted by atomic mass is 16.5. The summed E-state index contributed by atoms with van der Waals surface area (Å²) >= 11 is 0. The second-order valence-corrected chi connectivity index (χ2v) is 10.2. The van der Waals surface area contributed by atoms with Crippen LogP contribution in [0.1, 0.15) is 36.8 Å². The zero-order valence-electron chi connectivity index (χ0n) is 21.7. The number of carbonyl (C=O) groups is 1. The van der Waals surface area contributed by atoms with Crippen molar-refractivity contribution in [2.45, 2.75) is 31.7 Å². The third kappa shape index (κ3) is 4.82. The van der Waals surface area contributed by atoms with Gasteiger partial charge in [0.15, 0.2) is 0 Å². The molecule has 0 bridgehead atoms. The predicted molar refractivity (Wildman–Crippen MR) is 144 cm³/mol. The number of likely N-dealkylation sites (tertiary alicyclic amines) is 1. The second-order valence-electron chi connectivity index (χ2n) is 10.2. The van der Waals surface area contributed by atoms with Gasteiger partial charge in [0, 0.05) is 43.7 Å². The molecule has 37 heavy (non-hydrogen) atoms. The monoisotopic (exact) mass is 497 g/mol. The summed E-state index contributed by atoms with van der Waals surface area (Å²) in [5.41, 5.74) is 0.495. The van der Waals surface area contributed by atoms with Crippen molar-refractivity contribution in [3.8, 4) is 11.8 Å². The van der Waals surface area contributed by atoms with Crippen LogP contribution in [0, 0.1) is 16.7 Å². The van der Waals surface area contributed by atoms with Crippen molar-refractivity contribution in [3.63, 3.8) is 0 Å². The molecule has 2 saturated heterocycles. The van der Waals surface area contributed by atoms with Gasteiger partial charge >= 0.3 is 0 Å². The lowest BCUT2D eigenvalue weighted by atomic mass is 9.68. The van der Waals surface area contributed by atoms with Gasteiger partial charge in [-0.2, -0.15) is 5.26 Å². The van der Waals surface area contributed by atoms with Crippen molar-refractivity contribution < 1.29 is 14.3 Å². The molecule has 0 radical (unpaired) electrons. The van der Waals surface area contributed by atoms with Crippen LogP contribution in [0.3, 0.4) is 0 Å². The molecule has 3 aromatic rings. The van der Waals surface area contributed by atoms with E-state index >= 15 is 0 Å². The first-order chi connectivity index (χ1) is 18.1. The van der Waals surface area contributed by atoms with Crippen molar-refractivity contribution in [1.82, 2.24) is 9.80 Å². The van der Waals surface area contributed by atoms with Crippen molar-refractivity contribution in [2.24, 2.45) is 5.41 Å². The summed E-state index contributed by atoms with van der Waals surface area (Å²) < 4.78 is 11.3. The molecule has 2 heterocycles. The van der Waals surface area contributed by atoms with Crippen molar-refractivity contribution in [2.75, 3.05) is 46.5 Å². The van der Waals surface area contributed by atoms with Gasteiger partial charge in [-0.15, -0.1) is 0 Å². The lowest BCUT2D eigenvalue weighted by molar-refractivity contribution is -0.140. The van der Waals surface area contributed by atoms with Crippen LogP contribution < -0.4 is 4.74 Å². The molecule has 0 aliphatic carbocycles. The lowest BCUT2D eigenvalue weighted by Crippen LogP contribution is -2.53. The smallest absolute Gasteiger partial charge is 0.243 e. The van der Waals surface area contributed by atoms with E-state index in [1.54, 1.807) is 7.11 Å². The molecule has 3 aromatic carbocycles. The number of hydrogen-bond acceptors (Lipinski definition) is 5. The normalized spacial score (nSPS) is 19.6. The average Bonchev–Trinajstić information content (AvgIpc) is 2.97. The molecule has 2 fully saturated rings. The number of morpholine rings is 1. The number of hydrogen-bond donors (Lipinski definition) is 0. The van der Waals surface area contributed by atoms with Crippen LogP contribution in [0.2, 0.25) is 0 Å². The van der Waals surface area contributed by atoms with Gasteiger partial charge in [-0.05, 0) is 42.2 Å². The Labute approximate surface area is 219 Å². The van der Waals surface area contributed by atoms with E-state index in [0.717, 1.165) is 61.0 Å². The van der Waals surface area contributed by atoms with Crippen LogP contribution in [0.25, 0.3) is 10.8 Å². The Hall–Kier alpha value is -3.40. The summed E-state index contributed by atoms with van der Waals surface area (Å²) in [6.07, 6.45) is 1.84. The Bertz CT molecular complexity index is 1280. The Kier molecular flexibility index (Phi) is 7.45. The summed E-state index contributed by atoms with van der Waals surface area (Å²) in [7, 11) is 1.64. The van der Waals surface area contributed by atoms with Crippen molar-refractivity contribution in [3.05, 3.63) is 77.9 Å². The van der Waals surface area contributed by atoms with Crippen LogP contribution in [-0.4, -0.2) is 68.3 Å². The molecule has 2 aliphatic rings. The summed E-state index contributed by atoms with van der Waals surface area (Å²) in [5, 5.41) is 12.8. The third-order valence-corrected chi connectivity index (χ3v) is 8.15. The molecule has 0 aromatic heterocycles. The van der Waals surface area contributed by atoms with E-state index in [9.17, 15) is 10.1 Å². The number of ether oxygens (including phenoxy) is 2. The quantitative estimate of drug-likeness (QED) is 0.488. The highest BCUT2D eigenvalue weighted by Gasteiger charge is 2.48. The lowest BCUT2D eigenvalue weighted by Gasteiger charge is -2.43. The number of nitrogens with zero attached hydrogens (tertiary/aromatic N) is 3. The second kappa shape index (κ2) is 10.9. The topological polar surface area (TPSA) is 65.8 Å². The minimum Gasteiger partial charge on any atom is -0.496 e.